The average molecular weight is 291 g/mol. The molecule has 0 heterocycles. The first kappa shape index (κ1) is 16.8. The Bertz CT molecular complexity index is 438. The van der Waals surface area contributed by atoms with E-state index >= 15 is 0 Å². The summed E-state index contributed by atoms with van der Waals surface area (Å²) in [6.07, 6.45) is 3.15. The predicted molar refractivity (Wildman–Crippen MR) is 88.1 cm³/mol. The number of amides is 1. The Hall–Kier alpha value is -1.22. The second-order valence-corrected chi connectivity index (χ2v) is 6.63. The van der Waals surface area contributed by atoms with Crippen molar-refractivity contribution in [3.05, 3.63) is 42.5 Å². The Labute approximate surface area is 127 Å². The molecule has 0 unspecified atom stereocenters. The highest BCUT2D eigenvalue weighted by molar-refractivity contribution is 8.00. The van der Waals surface area contributed by atoms with Gasteiger partial charge in [-0.05, 0) is 38.3 Å². The van der Waals surface area contributed by atoms with Gasteiger partial charge < -0.3 is 5.32 Å². The van der Waals surface area contributed by atoms with E-state index in [2.05, 4.69) is 50.0 Å². The minimum Gasteiger partial charge on any atom is -0.352 e. The SMILES string of the molecule is C=C(C)C(=O)NCCC(CC)(CC)Sc1ccccc1. The van der Waals surface area contributed by atoms with Gasteiger partial charge >= 0.3 is 0 Å². The molecule has 0 aromatic heterocycles. The van der Waals surface area contributed by atoms with Crippen molar-refractivity contribution in [2.75, 3.05) is 6.54 Å². The monoisotopic (exact) mass is 291 g/mol. The number of benzene rings is 1. The van der Waals surface area contributed by atoms with E-state index in [9.17, 15) is 4.79 Å². The van der Waals surface area contributed by atoms with Crippen LogP contribution in [-0.4, -0.2) is 17.2 Å². The topological polar surface area (TPSA) is 29.1 Å². The zero-order valence-electron chi connectivity index (χ0n) is 12.7. The minimum atomic E-state index is -0.0455. The zero-order chi connectivity index (χ0) is 15.0. The van der Waals surface area contributed by atoms with Crippen molar-refractivity contribution in [3.8, 4) is 0 Å². The van der Waals surface area contributed by atoms with Gasteiger partial charge in [0.2, 0.25) is 5.91 Å². The summed E-state index contributed by atoms with van der Waals surface area (Å²) in [5, 5.41) is 2.94. The van der Waals surface area contributed by atoms with Crippen LogP contribution in [0.5, 0.6) is 0 Å². The van der Waals surface area contributed by atoms with Crippen molar-refractivity contribution >= 4 is 17.7 Å². The summed E-state index contributed by atoms with van der Waals surface area (Å²) in [6.45, 7) is 10.5. The van der Waals surface area contributed by atoms with Crippen LogP contribution in [0.25, 0.3) is 0 Å². The van der Waals surface area contributed by atoms with Crippen molar-refractivity contribution in [3.63, 3.8) is 0 Å². The molecular formula is C17H25NOS. The van der Waals surface area contributed by atoms with Crippen LogP contribution in [0.2, 0.25) is 0 Å². The van der Waals surface area contributed by atoms with Gasteiger partial charge in [0, 0.05) is 21.8 Å². The molecule has 2 nitrogen and oxygen atoms in total. The molecule has 0 fully saturated rings. The van der Waals surface area contributed by atoms with Crippen LogP contribution in [0.1, 0.15) is 40.0 Å². The number of thioether (sulfide) groups is 1. The summed E-state index contributed by atoms with van der Waals surface area (Å²) in [6, 6.07) is 10.5. The maximum absolute atomic E-state index is 11.5. The van der Waals surface area contributed by atoms with Crippen LogP contribution in [0.15, 0.2) is 47.4 Å². The van der Waals surface area contributed by atoms with Crippen molar-refractivity contribution in [2.24, 2.45) is 0 Å². The molecule has 0 atom stereocenters. The molecule has 1 amide bonds. The molecule has 110 valence electrons. The van der Waals surface area contributed by atoms with E-state index in [-0.39, 0.29) is 10.7 Å². The normalized spacial score (nSPS) is 11.2. The van der Waals surface area contributed by atoms with E-state index in [1.807, 2.05) is 17.8 Å². The molecule has 0 saturated carbocycles. The van der Waals surface area contributed by atoms with Crippen molar-refractivity contribution in [1.82, 2.24) is 5.32 Å². The number of hydrogen-bond acceptors (Lipinski definition) is 2. The average Bonchev–Trinajstić information content (AvgIpc) is 2.47. The van der Waals surface area contributed by atoms with E-state index in [4.69, 9.17) is 0 Å². The van der Waals surface area contributed by atoms with Gasteiger partial charge in [0.25, 0.3) is 0 Å². The van der Waals surface area contributed by atoms with Crippen molar-refractivity contribution in [1.29, 1.82) is 0 Å². The molecule has 1 N–H and O–H groups in total. The second kappa shape index (κ2) is 8.15. The van der Waals surface area contributed by atoms with E-state index < -0.39 is 0 Å². The van der Waals surface area contributed by atoms with Gasteiger partial charge in [-0.3, -0.25) is 4.79 Å². The molecule has 0 aliphatic heterocycles. The summed E-state index contributed by atoms with van der Waals surface area (Å²) in [4.78, 5) is 12.8. The molecule has 0 saturated heterocycles. The second-order valence-electron chi connectivity index (χ2n) is 5.09. The Morgan fingerprint density at radius 3 is 2.35 bits per heavy atom. The summed E-state index contributed by atoms with van der Waals surface area (Å²) in [7, 11) is 0. The lowest BCUT2D eigenvalue weighted by molar-refractivity contribution is -0.117. The van der Waals surface area contributed by atoms with Crippen molar-refractivity contribution in [2.45, 2.75) is 49.7 Å². The molecular weight excluding hydrogens is 266 g/mol. The van der Waals surface area contributed by atoms with Gasteiger partial charge in [-0.2, -0.15) is 0 Å². The van der Waals surface area contributed by atoms with Crippen LogP contribution in [0.3, 0.4) is 0 Å². The summed E-state index contributed by atoms with van der Waals surface area (Å²) in [5.41, 5.74) is 0.569. The van der Waals surface area contributed by atoms with E-state index in [1.165, 1.54) is 4.90 Å². The van der Waals surface area contributed by atoms with E-state index in [0.29, 0.717) is 12.1 Å². The van der Waals surface area contributed by atoms with Crippen LogP contribution >= 0.6 is 11.8 Å². The Morgan fingerprint density at radius 1 is 1.25 bits per heavy atom. The molecule has 0 bridgehead atoms. The number of carbonyl (C=O) groups is 1. The summed E-state index contributed by atoms with van der Waals surface area (Å²) >= 11 is 1.92. The fraction of sp³-hybridized carbons (Fsp3) is 0.471. The van der Waals surface area contributed by atoms with Crippen LogP contribution in [0, 0.1) is 0 Å². The lowest BCUT2D eigenvalue weighted by Gasteiger charge is -2.31. The number of carbonyl (C=O) groups excluding carboxylic acids is 1. The van der Waals surface area contributed by atoms with Gasteiger partial charge in [0.05, 0.1) is 0 Å². The van der Waals surface area contributed by atoms with Crippen LogP contribution < -0.4 is 5.32 Å². The Kier molecular flexibility index (Phi) is 6.86. The fourth-order valence-corrected chi connectivity index (χ4v) is 3.38. The highest BCUT2D eigenvalue weighted by Gasteiger charge is 2.27. The molecule has 0 aliphatic rings. The summed E-state index contributed by atoms with van der Waals surface area (Å²) < 4.78 is 0.184. The molecule has 1 rings (SSSR count). The Balaban J connectivity index is 2.62. The lowest BCUT2D eigenvalue weighted by Crippen LogP contribution is -2.32. The largest absolute Gasteiger partial charge is 0.352 e. The lowest BCUT2D eigenvalue weighted by atomic mass is 9.98. The first-order chi connectivity index (χ1) is 9.53. The van der Waals surface area contributed by atoms with Crippen molar-refractivity contribution < 1.29 is 4.79 Å². The molecule has 0 aliphatic carbocycles. The standard InChI is InChI=1S/C17H25NOS/c1-5-17(6-2,12-13-18-16(19)14(3)4)20-15-10-8-7-9-11-15/h7-11H,3,5-6,12-13H2,1-2,4H3,(H,18,19). The van der Waals surface area contributed by atoms with Gasteiger partial charge in [-0.15, -0.1) is 11.8 Å². The first-order valence-corrected chi connectivity index (χ1v) is 8.02. The van der Waals surface area contributed by atoms with Gasteiger partial charge in [0.15, 0.2) is 0 Å². The number of hydrogen-bond donors (Lipinski definition) is 1. The van der Waals surface area contributed by atoms with Crippen LogP contribution in [0.4, 0.5) is 0 Å². The maximum Gasteiger partial charge on any atom is 0.246 e. The third kappa shape index (κ3) is 5.04. The minimum absolute atomic E-state index is 0.0455. The maximum atomic E-state index is 11.5. The van der Waals surface area contributed by atoms with E-state index in [1.54, 1.807) is 6.92 Å². The molecule has 1 aromatic carbocycles. The highest BCUT2D eigenvalue weighted by atomic mass is 32.2. The number of rotatable bonds is 8. The fourth-order valence-electron chi connectivity index (χ4n) is 2.09. The quantitative estimate of drug-likeness (QED) is 0.567. The Morgan fingerprint density at radius 2 is 1.85 bits per heavy atom. The first-order valence-electron chi connectivity index (χ1n) is 7.21. The smallest absolute Gasteiger partial charge is 0.246 e. The highest BCUT2D eigenvalue weighted by Crippen LogP contribution is 2.40. The van der Waals surface area contributed by atoms with Gasteiger partial charge in [-0.1, -0.05) is 38.6 Å². The molecule has 1 aromatic rings. The third-order valence-electron chi connectivity index (χ3n) is 3.62. The summed E-state index contributed by atoms with van der Waals surface area (Å²) in [5.74, 6) is -0.0455. The van der Waals surface area contributed by atoms with Gasteiger partial charge in [0.1, 0.15) is 0 Å². The van der Waals surface area contributed by atoms with Crippen LogP contribution in [-0.2, 0) is 4.79 Å². The number of nitrogens with one attached hydrogen (secondary N) is 1. The zero-order valence-corrected chi connectivity index (χ0v) is 13.6. The van der Waals surface area contributed by atoms with E-state index in [0.717, 1.165) is 19.3 Å². The molecule has 20 heavy (non-hydrogen) atoms. The molecule has 0 spiro atoms. The third-order valence-corrected chi connectivity index (χ3v) is 5.34. The predicted octanol–water partition coefficient (Wildman–Crippen LogP) is 4.42. The van der Waals surface area contributed by atoms with Gasteiger partial charge in [-0.25, -0.2) is 0 Å². The molecule has 0 radical (unpaired) electrons. The molecule has 3 heteroatoms.